The van der Waals surface area contributed by atoms with Gasteiger partial charge in [0.15, 0.2) is 0 Å². The zero-order chi connectivity index (χ0) is 12.4. The number of hydrogen-bond donors (Lipinski definition) is 1. The zero-order valence-corrected chi connectivity index (χ0v) is 11.8. The molecule has 1 aromatic rings. The summed E-state index contributed by atoms with van der Waals surface area (Å²) in [4.78, 5) is 11.9. The average Bonchev–Trinajstić information content (AvgIpc) is 2.26. The summed E-state index contributed by atoms with van der Waals surface area (Å²) in [5.74, 6) is 0.791. The van der Waals surface area contributed by atoms with Gasteiger partial charge in [0, 0.05) is 12.6 Å². The molecule has 0 aliphatic heterocycles. The molecule has 4 nitrogen and oxygen atoms in total. The van der Waals surface area contributed by atoms with Crippen LogP contribution in [0.3, 0.4) is 0 Å². The van der Waals surface area contributed by atoms with Crippen molar-refractivity contribution in [2.24, 2.45) is 5.92 Å². The molecule has 0 spiro atoms. The Morgan fingerprint density at radius 1 is 1.59 bits per heavy atom. The molecule has 1 N–H and O–H groups in total. The molecule has 1 heterocycles. The minimum Gasteiger partial charge on any atom is -0.380 e. The summed E-state index contributed by atoms with van der Waals surface area (Å²) in [5.41, 5.74) is 0.767. The van der Waals surface area contributed by atoms with Crippen LogP contribution in [0.2, 0.25) is 0 Å². The minimum absolute atomic E-state index is 0.0516. The largest absolute Gasteiger partial charge is 0.380 e. The van der Waals surface area contributed by atoms with Gasteiger partial charge < -0.3 is 5.32 Å². The van der Waals surface area contributed by atoms with Crippen LogP contribution in [0.5, 0.6) is 0 Å². The van der Waals surface area contributed by atoms with Crippen LogP contribution in [0.1, 0.15) is 33.1 Å². The molecule has 0 amide bonds. The molecule has 1 fully saturated rings. The number of aryl methyl sites for hydroxylation is 1. The van der Waals surface area contributed by atoms with Crippen LogP contribution in [0.25, 0.3) is 0 Å². The maximum absolute atomic E-state index is 11.9. The van der Waals surface area contributed by atoms with Crippen molar-refractivity contribution in [2.45, 2.75) is 45.7 Å². The van der Waals surface area contributed by atoms with E-state index in [1.807, 2.05) is 6.92 Å². The van der Waals surface area contributed by atoms with E-state index in [9.17, 15) is 4.79 Å². The van der Waals surface area contributed by atoms with Gasteiger partial charge >= 0.3 is 0 Å². The van der Waals surface area contributed by atoms with Gasteiger partial charge in [-0.3, -0.25) is 4.79 Å². The van der Waals surface area contributed by atoms with E-state index < -0.39 is 0 Å². The topological polar surface area (TPSA) is 46.9 Å². The van der Waals surface area contributed by atoms with Crippen molar-refractivity contribution >= 4 is 21.6 Å². The smallest absolute Gasteiger partial charge is 0.283 e. The van der Waals surface area contributed by atoms with Crippen LogP contribution in [0, 0.1) is 5.92 Å². The first-order valence-corrected chi connectivity index (χ1v) is 6.93. The third-order valence-electron chi connectivity index (χ3n) is 3.15. The molecule has 0 saturated heterocycles. The Bertz CT molecular complexity index is 452. The van der Waals surface area contributed by atoms with Crippen LogP contribution in [-0.2, 0) is 6.54 Å². The van der Waals surface area contributed by atoms with E-state index in [-0.39, 0.29) is 5.56 Å². The average molecular weight is 300 g/mol. The standard InChI is InChI=1S/C12H18BrN3O/c1-3-4-16-12(17)11(13)10(7-14-16)15-9-5-8(2)6-9/h7-9,15H,3-6H2,1-2H3. The molecular weight excluding hydrogens is 282 g/mol. The molecule has 0 unspecified atom stereocenters. The fourth-order valence-corrected chi connectivity index (χ4v) is 2.60. The quantitative estimate of drug-likeness (QED) is 0.930. The summed E-state index contributed by atoms with van der Waals surface area (Å²) in [6, 6.07) is 0.490. The fourth-order valence-electron chi connectivity index (χ4n) is 2.18. The lowest BCUT2D eigenvalue weighted by Crippen LogP contribution is -2.35. The SMILES string of the molecule is CCCn1ncc(NC2CC(C)C2)c(Br)c1=O. The van der Waals surface area contributed by atoms with E-state index in [0.29, 0.717) is 17.1 Å². The Balaban J connectivity index is 2.13. The Morgan fingerprint density at radius 3 is 2.88 bits per heavy atom. The first-order valence-electron chi connectivity index (χ1n) is 6.14. The highest BCUT2D eigenvalue weighted by Gasteiger charge is 2.25. The summed E-state index contributed by atoms with van der Waals surface area (Å²) in [5, 5.41) is 7.54. The van der Waals surface area contributed by atoms with Gasteiger partial charge in [0.05, 0.1) is 11.9 Å². The molecule has 0 radical (unpaired) electrons. The molecule has 0 bridgehead atoms. The number of hydrogen-bond acceptors (Lipinski definition) is 3. The van der Waals surface area contributed by atoms with Gasteiger partial charge in [-0.25, -0.2) is 4.68 Å². The summed E-state index contributed by atoms with van der Waals surface area (Å²) in [7, 11) is 0. The van der Waals surface area contributed by atoms with Crippen LogP contribution < -0.4 is 10.9 Å². The summed E-state index contributed by atoms with van der Waals surface area (Å²) >= 11 is 3.36. The number of anilines is 1. The molecule has 0 atom stereocenters. The third kappa shape index (κ3) is 2.70. The second-order valence-corrected chi connectivity index (χ2v) is 5.61. The van der Waals surface area contributed by atoms with Gasteiger partial charge in [-0.15, -0.1) is 0 Å². The maximum atomic E-state index is 11.9. The number of rotatable bonds is 4. The van der Waals surface area contributed by atoms with E-state index in [4.69, 9.17) is 0 Å². The van der Waals surface area contributed by atoms with E-state index in [1.165, 1.54) is 17.5 Å². The summed E-state index contributed by atoms with van der Waals surface area (Å²) in [6.07, 6.45) is 4.99. The third-order valence-corrected chi connectivity index (χ3v) is 3.92. The van der Waals surface area contributed by atoms with Crippen molar-refractivity contribution < 1.29 is 0 Å². The lowest BCUT2D eigenvalue weighted by Gasteiger charge is -2.34. The first-order chi connectivity index (χ1) is 8.11. The molecule has 1 aliphatic rings. The van der Waals surface area contributed by atoms with Crippen LogP contribution in [-0.4, -0.2) is 15.8 Å². The van der Waals surface area contributed by atoms with Gasteiger partial charge in [0.1, 0.15) is 4.47 Å². The molecule has 5 heteroatoms. The van der Waals surface area contributed by atoms with Crippen molar-refractivity contribution in [3.63, 3.8) is 0 Å². The highest BCUT2D eigenvalue weighted by Crippen LogP contribution is 2.30. The summed E-state index contributed by atoms with van der Waals surface area (Å²) < 4.78 is 2.10. The van der Waals surface area contributed by atoms with Gasteiger partial charge in [0.2, 0.25) is 0 Å². The van der Waals surface area contributed by atoms with Crippen LogP contribution >= 0.6 is 15.9 Å². The van der Waals surface area contributed by atoms with Gasteiger partial charge in [0.25, 0.3) is 5.56 Å². The van der Waals surface area contributed by atoms with E-state index >= 15 is 0 Å². The second kappa shape index (κ2) is 5.21. The van der Waals surface area contributed by atoms with Crippen molar-refractivity contribution in [3.8, 4) is 0 Å². The Labute approximate surface area is 110 Å². The number of nitrogens with one attached hydrogen (secondary N) is 1. The highest BCUT2D eigenvalue weighted by atomic mass is 79.9. The summed E-state index contributed by atoms with van der Waals surface area (Å²) in [6.45, 7) is 4.94. The molecule has 1 saturated carbocycles. The van der Waals surface area contributed by atoms with Crippen LogP contribution in [0.15, 0.2) is 15.5 Å². The van der Waals surface area contributed by atoms with E-state index in [0.717, 1.165) is 18.0 Å². The number of halogens is 1. The predicted octanol–water partition coefficient (Wildman–Crippen LogP) is 2.63. The Hall–Kier alpha value is -0.840. The lowest BCUT2D eigenvalue weighted by molar-refractivity contribution is 0.309. The van der Waals surface area contributed by atoms with Crippen molar-refractivity contribution in [1.82, 2.24) is 9.78 Å². The van der Waals surface area contributed by atoms with Crippen molar-refractivity contribution in [1.29, 1.82) is 0 Å². The van der Waals surface area contributed by atoms with Crippen molar-refractivity contribution in [3.05, 3.63) is 21.0 Å². The monoisotopic (exact) mass is 299 g/mol. The molecule has 94 valence electrons. The zero-order valence-electron chi connectivity index (χ0n) is 10.2. The lowest BCUT2D eigenvalue weighted by atomic mass is 9.82. The molecule has 2 rings (SSSR count). The van der Waals surface area contributed by atoms with Gasteiger partial charge in [-0.1, -0.05) is 13.8 Å². The first kappa shape index (κ1) is 12.6. The molecule has 1 aliphatic carbocycles. The highest BCUT2D eigenvalue weighted by molar-refractivity contribution is 9.10. The molecule has 0 aromatic carbocycles. The minimum atomic E-state index is -0.0516. The normalized spacial score (nSPS) is 23.2. The maximum Gasteiger partial charge on any atom is 0.283 e. The van der Waals surface area contributed by atoms with Gasteiger partial charge in [-0.2, -0.15) is 5.10 Å². The van der Waals surface area contributed by atoms with Gasteiger partial charge in [-0.05, 0) is 41.1 Å². The molecular formula is C12H18BrN3O. The molecule has 1 aromatic heterocycles. The Kier molecular flexibility index (Phi) is 3.86. The predicted molar refractivity (Wildman–Crippen MR) is 72.3 cm³/mol. The van der Waals surface area contributed by atoms with E-state index in [1.54, 1.807) is 6.20 Å². The van der Waals surface area contributed by atoms with Crippen LogP contribution in [0.4, 0.5) is 5.69 Å². The van der Waals surface area contributed by atoms with Crippen molar-refractivity contribution in [2.75, 3.05) is 5.32 Å². The molecule has 17 heavy (non-hydrogen) atoms. The number of nitrogens with zero attached hydrogens (tertiary/aromatic N) is 2. The Morgan fingerprint density at radius 2 is 2.29 bits per heavy atom. The van der Waals surface area contributed by atoms with E-state index in [2.05, 4.69) is 33.3 Å². The fraction of sp³-hybridized carbons (Fsp3) is 0.667. The second-order valence-electron chi connectivity index (χ2n) is 4.82. The number of aromatic nitrogens is 2.